The first-order valence-corrected chi connectivity index (χ1v) is 6.66. The molecule has 0 aliphatic carbocycles. The largest absolute Gasteiger partial charge is 0.490 e. The minimum Gasteiger partial charge on any atom is -0.490 e. The average molecular weight is 264 g/mol. The van der Waals surface area contributed by atoms with Crippen LogP contribution in [-0.2, 0) is 9.53 Å². The lowest BCUT2D eigenvalue weighted by atomic mass is 10.1. The Morgan fingerprint density at radius 3 is 3.16 bits per heavy atom. The third-order valence-electron chi connectivity index (χ3n) is 3.23. The van der Waals surface area contributed by atoms with Crippen LogP contribution in [0.3, 0.4) is 0 Å². The molecular formula is C14H20N2O3. The Bertz CT molecular complexity index is 436. The molecule has 0 spiro atoms. The van der Waals surface area contributed by atoms with Crippen molar-refractivity contribution in [3.8, 4) is 5.75 Å². The van der Waals surface area contributed by atoms with E-state index in [-0.39, 0.29) is 11.9 Å². The molecule has 0 radical (unpaired) electrons. The van der Waals surface area contributed by atoms with Crippen LogP contribution in [0.5, 0.6) is 5.75 Å². The summed E-state index contributed by atoms with van der Waals surface area (Å²) < 4.78 is 10.5. The maximum atomic E-state index is 11.5. The molecule has 2 heterocycles. The van der Waals surface area contributed by atoms with Crippen molar-refractivity contribution in [2.75, 3.05) is 31.7 Å². The molecule has 1 aromatic heterocycles. The Labute approximate surface area is 113 Å². The van der Waals surface area contributed by atoms with E-state index in [2.05, 4.69) is 16.8 Å². The molecule has 19 heavy (non-hydrogen) atoms. The van der Waals surface area contributed by atoms with Crippen molar-refractivity contribution >= 4 is 11.8 Å². The predicted octanol–water partition coefficient (Wildman–Crippen LogP) is 1.87. The van der Waals surface area contributed by atoms with E-state index >= 15 is 0 Å². The summed E-state index contributed by atoms with van der Waals surface area (Å²) in [5.41, 5.74) is 0. The fourth-order valence-electron chi connectivity index (χ4n) is 2.26. The van der Waals surface area contributed by atoms with Gasteiger partial charge in [0.2, 0.25) is 0 Å². The van der Waals surface area contributed by atoms with E-state index in [0.717, 1.165) is 31.0 Å². The van der Waals surface area contributed by atoms with E-state index in [0.29, 0.717) is 13.2 Å². The topological polar surface area (TPSA) is 51.7 Å². The van der Waals surface area contributed by atoms with Crippen LogP contribution < -0.4 is 9.64 Å². The molecule has 1 fully saturated rings. The molecule has 1 aliphatic heterocycles. The Kier molecular flexibility index (Phi) is 4.60. The predicted molar refractivity (Wildman–Crippen MR) is 72.4 cm³/mol. The van der Waals surface area contributed by atoms with Gasteiger partial charge in [-0.15, -0.1) is 0 Å². The lowest BCUT2D eigenvalue weighted by molar-refractivity contribution is -0.144. The monoisotopic (exact) mass is 264 g/mol. The maximum Gasteiger partial charge on any atom is 0.310 e. The Hall–Kier alpha value is -1.78. The minimum absolute atomic E-state index is 0.0639. The molecule has 0 amide bonds. The standard InChI is InChI=1S/C14H20N2O3/c1-3-9-19-12-5-4-7-15-13(12)16-8-6-11(10-16)14(17)18-2/h4-5,7,11H,3,6,8-10H2,1-2H3. The number of esters is 1. The molecule has 1 atom stereocenters. The number of methoxy groups -OCH3 is 1. The molecule has 104 valence electrons. The molecule has 1 aromatic rings. The number of carbonyl (C=O) groups is 1. The van der Waals surface area contributed by atoms with Gasteiger partial charge < -0.3 is 14.4 Å². The van der Waals surface area contributed by atoms with Crippen LogP contribution in [0.4, 0.5) is 5.82 Å². The Morgan fingerprint density at radius 2 is 2.42 bits per heavy atom. The van der Waals surface area contributed by atoms with Crippen molar-refractivity contribution in [3.05, 3.63) is 18.3 Å². The van der Waals surface area contributed by atoms with Gasteiger partial charge >= 0.3 is 5.97 Å². The fourth-order valence-corrected chi connectivity index (χ4v) is 2.26. The molecule has 1 unspecified atom stereocenters. The van der Waals surface area contributed by atoms with Gasteiger partial charge in [0.1, 0.15) is 0 Å². The van der Waals surface area contributed by atoms with Gasteiger partial charge in [-0.3, -0.25) is 4.79 Å². The van der Waals surface area contributed by atoms with Crippen LogP contribution in [0.15, 0.2) is 18.3 Å². The zero-order chi connectivity index (χ0) is 13.7. The molecule has 1 saturated heterocycles. The summed E-state index contributed by atoms with van der Waals surface area (Å²) in [7, 11) is 1.43. The summed E-state index contributed by atoms with van der Waals surface area (Å²) in [6.07, 6.45) is 3.51. The van der Waals surface area contributed by atoms with Crippen molar-refractivity contribution in [1.82, 2.24) is 4.98 Å². The van der Waals surface area contributed by atoms with Gasteiger partial charge in [-0.2, -0.15) is 0 Å². The minimum atomic E-state index is -0.144. The highest BCUT2D eigenvalue weighted by molar-refractivity contribution is 5.74. The first-order valence-electron chi connectivity index (χ1n) is 6.66. The third-order valence-corrected chi connectivity index (χ3v) is 3.23. The average Bonchev–Trinajstić information content (AvgIpc) is 2.94. The highest BCUT2D eigenvalue weighted by Gasteiger charge is 2.30. The van der Waals surface area contributed by atoms with Gasteiger partial charge in [-0.05, 0) is 25.0 Å². The van der Waals surface area contributed by atoms with Crippen LogP contribution in [0.25, 0.3) is 0 Å². The van der Waals surface area contributed by atoms with E-state index in [9.17, 15) is 4.79 Å². The Balaban J connectivity index is 2.08. The number of nitrogens with zero attached hydrogens (tertiary/aromatic N) is 2. The molecular weight excluding hydrogens is 244 g/mol. The van der Waals surface area contributed by atoms with Crippen molar-refractivity contribution in [3.63, 3.8) is 0 Å². The molecule has 5 nitrogen and oxygen atoms in total. The van der Waals surface area contributed by atoms with Crippen LogP contribution >= 0.6 is 0 Å². The first-order chi connectivity index (χ1) is 9.26. The van der Waals surface area contributed by atoms with Crippen molar-refractivity contribution < 1.29 is 14.3 Å². The number of pyridine rings is 1. The van der Waals surface area contributed by atoms with Crippen LogP contribution in [0.2, 0.25) is 0 Å². The third kappa shape index (κ3) is 3.16. The van der Waals surface area contributed by atoms with Gasteiger partial charge in [0, 0.05) is 19.3 Å². The highest BCUT2D eigenvalue weighted by Crippen LogP contribution is 2.30. The zero-order valence-corrected chi connectivity index (χ0v) is 11.5. The van der Waals surface area contributed by atoms with Crippen molar-refractivity contribution in [2.24, 2.45) is 5.92 Å². The number of anilines is 1. The lowest BCUT2D eigenvalue weighted by Gasteiger charge is -2.20. The number of rotatable bonds is 5. The fraction of sp³-hybridized carbons (Fsp3) is 0.571. The number of ether oxygens (including phenoxy) is 2. The summed E-state index contributed by atoms with van der Waals surface area (Å²) in [5.74, 6) is 1.40. The SMILES string of the molecule is CCCOc1cccnc1N1CCC(C(=O)OC)C1. The normalized spacial score (nSPS) is 18.4. The quantitative estimate of drug-likeness (QED) is 0.760. The molecule has 0 saturated carbocycles. The van der Waals surface area contributed by atoms with Crippen molar-refractivity contribution in [1.29, 1.82) is 0 Å². The van der Waals surface area contributed by atoms with Gasteiger partial charge in [-0.25, -0.2) is 4.98 Å². The number of hydrogen-bond acceptors (Lipinski definition) is 5. The van der Waals surface area contributed by atoms with E-state index in [1.54, 1.807) is 6.20 Å². The molecule has 1 aliphatic rings. The first kappa shape index (κ1) is 13.6. The van der Waals surface area contributed by atoms with Crippen LogP contribution in [-0.4, -0.2) is 37.8 Å². The van der Waals surface area contributed by atoms with Gasteiger partial charge in [0.25, 0.3) is 0 Å². The van der Waals surface area contributed by atoms with E-state index in [1.165, 1.54) is 7.11 Å². The highest BCUT2D eigenvalue weighted by atomic mass is 16.5. The Morgan fingerprint density at radius 1 is 1.58 bits per heavy atom. The molecule has 0 N–H and O–H groups in total. The van der Waals surface area contributed by atoms with Crippen molar-refractivity contribution in [2.45, 2.75) is 19.8 Å². The number of aromatic nitrogens is 1. The van der Waals surface area contributed by atoms with E-state index in [4.69, 9.17) is 9.47 Å². The molecule has 0 aromatic carbocycles. The molecule has 5 heteroatoms. The second-order valence-corrected chi connectivity index (χ2v) is 4.63. The smallest absolute Gasteiger partial charge is 0.310 e. The number of hydrogen-bond donors (Lipinski definition) is 0. The number of carbonyl (C=O) groups excluding carboxylic acids is 1. The van der Waals surface area contributed by atoms with E-state index < -0.39 is 0 Å². The summed E-state index contributed by atoms with van der Waals surface area (Å²) in [5, 5.41) is 0. The van der Waals surface area contributed by atoms with E-state index in [1.807, 2.05) is 12.1 Å². The zero-order valence-electron chi connectivity index (χ0n) is 11.5. The second kappa shape index (κ2) is 6.41. The maximum absolute atomic E-state index is 11.5. The summed E-state index contributed by atoms with van der Waals surface area (Å²) in [4.78, 5) is 18.0. The van der Waals surface area contributed by atoms with Crippen LogP contribution in [0, 0.1) is 5.92 Å². The van der Waals surface area contributed by atoms with Gasteiger partial charge in [0.15, 0.2) is 11.6 Å². The van der Waals surface area contributed by atoms with Gasteiger partial charge in [-0.1, -0.05) is 6.92 Å². The molecule has 2 rings (SSSR count). The van der Waals surface area contributed by atoms with Crippen LogP contribution in [0.1, 0.15) is 19.8 Å². The summed E-state index contributed by atoms with van der Waals surface area (Å²) in [6.45, 7) is 4.19. The lowest BCUT2D eigenvalue weighted by Crippen LogP contribution is -2.24. The second-order valence-electron chi connectivity index (χ2n) is 4.63. The summed E-state index contributed by atoms with van der Waals surface area (Å²) in [6, 6.07) is 3.78. The molecule has 0 bridgehead atoms. The summed E-state index contributed by atoms with van der Waals surface area (Å²) >= 11 is 0. The van der Waals surface area contributed by atoms with Gasteiger partial charge in [0.05, 0.1) is 19.6 Å².